The van der Waals surface area contributed by atoms with Crippen LogP contribution in [0.2, 0.25) is 0 Å². The van der Waals surface area contributed by atoms with E-state index in [0.717, 1.165) is 0 Å². The van der Waals surface area contributed by atoms with Gasteiger partial charge < -0.3 is 0 Å². The van der Waals surface area contributed by atoms with Gasteiger partial charge in [0.15, 0.2) is 0 Å². The van der Waals surface area contributed by atoms with E-state index in [0.29, 0.717) is 0 Å². The summed E-state index contributed by atoms with van der Waals surface area (Å²) in [7, 11) is 0. The second-order valence-corrected chi connectivity index (χ2v) is 4.19. The summed E-state index contributed by atoms with van der Waals surface area (Å²) in [5, 5.41) is 0. The van der Waals surface area contributed by atoms with Crippen molar-refractivity contribution >= 4 is 0 Å². The van der Waals surface area contributed by atoms with Crippen LogP contribution in [-0.2, 0) is 6.42 Å². The summed E-state index contributed by atoms with van der Waals surface area (Å²) < 4.78 is 0. The van der Waals surface area contributed by atoms with Crippen molar-refractivity contribution in [3.63, 3.8) is 0 Å². The van der Waals surface area contributed by atoms with Crippen LogP contribution >= 0.6 is 0 Å². The number of benzene rings is 1. The minimum atomic E-state index is 1.17. The first-order chi connectivity index (χ1) is 7.43. The Balaban J connectivity index is 1.93. The molecular weight excluding hydrogens is 180 g/mol. The van der Waals surface area contributed by atoms with Crippen LogP contribution in [0.1, 0.15) is 57.4 Å². The molecule has 0 saturated carbocycles. The van der Waals surface area contributed by atoms with Crippen molar-refractivity contribution in [3.8, 4) is 0 Å². The van der Waals surface area contributed by atoms with Crippen LogP contribution in [0.25, 0.3) is 0 Å². The molecule has 0 aliphatic carbocycles. The average molecular weight is 202 g/mol. The van der Waals surface area contributed by atoms with Gasteiger partial charge in [0.05, 0.1) is 0 Å². The molecule has 0 bridgehead atoms. The van der Waals surface area contributed by atoms with E-state index in [-0.39, 0.29) is 0 Å². The molecule has 0 nitrogen and oxygen atoms in total. The molecule has 0 aliphatic rings. The lowest BCUT2D eigenvalue weighted by atomic mass is 10.0. The molecule has 0 fully saturated rings. The number of hydrogen-bond donors (Lipinski definition) is 0. The predicted octanol–water partition coefficient (Wildman–Crippen LogP) is 4.58. The number of aryl methyl sites for hydroxylation is 1. The lowest BCUT2D eigenvalue weighted by Gasteiger charge is -2.01. The van der Waals surface area contributed by atoms with Crippen LogP contribution in [0.4, 0.5) is 0 Å². The molecule has 0 amide bonds. The Labute approximate surface area is 94.7 Å². The van der Waals surface area contributed by atoms with E-state index in [1.807, 2.05) is 12.1 Å². The zero-order chi connectivity index (χ0) is 10.8. The normalized spacial score (nSPS) is 10.5. The minimum absolute atomic E-state index is 1.17. The zero-order valence-corrected chi connectivity index (χ0v) is 9.89. The van der Waals surface area contributed by atoms with Crippen molar-refractivity contribution in [2.24, 2.45) is 0 Å². The largest absolute Gasteiger partial charge is 0.0654 e. The van der Waals surface area contributed by atoms with E-state index in [1.165, 1.54) is 56.9 Å². The van der Waals surface area contributed by atoms with Crippen LogP contribution in [0, 0.1) is 12.1 Å². The van der Waals surface area contributed by atoms with Gasteiger partial charge in [-0.1, -0.05) is 63.6 Å². The quantitative estimate of drug-likeness (QED) is 0.541. The monoisotopic (exact) mass is 202 g/mol. The summed E-state index contributed by atoms with van der Waals surface area (Å²) in [4.78, 5) is 0. The van der Waals surface area contributed by atoms with Crippen LogP contribution in [0.15, 0.2) is 18.2 Å². The van der Waals surface area contributed by atoms with Gasteiger partial charge in [-0.2, -0.15) is 0 Å². The molecule has 0 aromatic heterocycles. The highest BCUT2D eigenvalue weighted by Crippen LogP contribution is 2.09. The third kappa shape index (κ3) is 6.33. The first-order valence-corrected chi connectivity index (χ1v) is 6.30. The molecule has 0 N–H and O–H groups in total. The molecular formula is C15H22. The summed E-state index contributed by atoms with van der Waals surface area (Å²) in [6.45, 7) is 2.27. The second-order valence-electron chi connectivity index (χ2n) is 4.19. The third-order valence-electron chi connectivity index (χ3n) is 2.76. The van der Waals surface area contributed by atoms with Crippen molar-refractivity contribution in [2.45, 2.75) is 58.3 Å². The Morgan fingerprint density at radius 2 is 1.67 bits per heavy atom. The Bertz CT molecular complexity index is 225. The molecule has 0 spiro atoms. The smallest absolute Gasteiger partial charge is 0.0149 e. The molecule has 2 radical (unpaired) electrons. The number of unbranched alkanes of at least 4 members (excludes halogenated alkanes) is 6. The highest BCUT2D eigenvalue weighted by Gasteiger charge is 1.93. The van der Waals surface area contributed by atoms with E-state index in [1.54, 1.807) is 0 Å². The van der Waals surface area contributed by atoms with E-state index < -0.39 is 0 Å². The Morgan fingerprint density at radius 3 is 2.33 bits per heavy atom. The summed E-state index contributed by atoms with van der Waals surface area (Å²) in [6, 6.07) is 12.3. The van der Waals surface area contributed by atoms with Gasteiger partial charge in [0.25, 0.3) is 0 Å². The Morgan fingerprint density at radius 1 is 0.933 bits per heavy atom. The maximum Gasteiger partial charge on any atom is -0.0149 e. The topological polar surface area (TPSA) is 0 Å². The SMILES string of the molecule is CCCCCCCCCc1[c]cc[c]c1. The molecule has 0 aliphatic heterocycles. The van der Waals surface area contributed by atoms with Gasteiger partial charge >= 0.3 is 0 Å². The van der Waals surface area contributed by atoms with Crippen molar-refractivity contribution in [1.82, 2.24) is 0 Å². The maximum atomic E-state index is 3.25. The highest BCUT2D eigenvalue weighted by atomic mass is 14.0. The van der Waals surface area contributed by atoms with Crippen molar-refractivity contribution in [3.05, 3.63) is 35.9 Å². The summed E-state index contributed by atoms with van der Waals surface area (Å²) in [5.74, 6) is 0. The van der Waals surface area contributed by atoms with E-state index in [9.17, 15) is 0 Å². The van der Waals surface area contributed by atoms with Crippen LogP contribution in [-0.4, -0.2) is 0 Å². The molecule has 0 saturated heterocycles. The summed E-state index contributed by atoms with van der Waals surface area (Å²) in [6.07, 6.45) is 10.8. The Kier molecular flexibility index (Phi) is 6.98. The maximum absolute atomic E-state index is 3.25. The van der Waals surface area contributed by atoms with Gasteiger partial charge in [-0.05, 0) is 30.5 Å². The molecule has 15 heavy (non-hydrogen) atoms. The van der Waals surface area contributed by atoms with Gasteiger partial charge in [0.1, 0.15) is 0 Å². The molecule has 0 unspecified atom stereocenters. The molecule has 1 rings (SSSR count). The van der Waals surface area contributed by atoms with Crippen molar-refractivity contribution in [1.29, 1.82) is 0 Å². The fourth-order valence-electron chi connectivity index (χ4n) is 1.80. The number of hydrogen-bond acceptors (Lipinski definition) is 0. The Hall–Kier alpha value is -0.780. The molecule has 0 heteroatoms. The third-order valence-corrected chi connectivity index (χ3v) is 2.76. The van der Waals surface area contributed by atoms with E-state index in [4.69, 9.17) is 0 Å². The first-order valence-electron chi connectivity index (χ1n) is 6.30. The fraction of sp³-hybridized carbons (Fsp3) is 0.600. The zero-order valence-electron chi connectivity index (χ0n) is 9.89. The first kappa shape index (κ1) is 12.3. The number of rotatable bonds is 8. The molecule has 1 aromatic carbocycles. The van der Waals surface area contributed by atoms with Crippen molar-refractivity contribution < 1.29 is 0 Å². The van der Waals surface area contributed by atoms with E-state index >= 15 is 0 Å². The van der Waals surface area contributed by atoms with E-state index in [2.05, 4.69) is 25.1 Å². The van der Waals surface area contributed by atoms with Gasteiger partial charge in [0, 0.05) is 0 Å². The lowest BCUT2D eigenvalue weighted by Crippen LogP contribution is -1.86. The van der Waals surface area contributed by atoms with Gasteiger partial charge in [-0.25, -0.2) is 0 Å². The van der Waals surface area contributed by atoms with Gasteiger partial charge in [0.2, 0.25) is 0 Å². The second kappa shape index (κ2) is 8.52. The van der Waals surface area contributed by atoms with Crippen LogP contribution < -0.4 is 0 Å². The van der Waals surface area contributed by atoms with Crippen molar-refractivity contribution in [2.75, 3.05) is 0 Å². The fourth-order valence-corrected chi connectivity index (χ4v) is 1.80. The molecule has 0 heterocycles. The van der Waals surface area contributed by atoms with Gasteiger partial charge in [-0.15, -0.1) is 0 Å². The average Bonchev–Trinajstić information content (AvgIpc) is 2.29. The minimum Gasteiger partial charge on any atom is -0.0654 e. The summed E-state index contributed by atoms with van der Waals surface area (Å²) in [5.41, 5.74) is 1.31. The highest BCUT2D eigenvalue weighted by molar-refractivity contribution is 5.11. The molecule has 82 valence electrons. The van der Waals surface area contributed by atoms with Crippen LogP contribution in [0.3, 0.4) is 0 Å². The summed E-state index contributed by atoms with van der Waals surface area (Å²) >= 11 is 0. The van der Waals surface area contributed by atoms with Crippen LogP contribution in [0.5, 0.6) is 0 Å². The predicted molar refractivity (Wildman–Crippen MR) is 65.8 cm³/mol. The molecule has 1 aromatic rings. The van der Waals surface area contributed by atoms with Gasteiger partial charge in [-0.3, -0.25) is 0 Å². The standard InChI is InChI=1S/C15H22/c1-2-3-4-5-6-7-9-12-15-13-10-8-11-14-15/h8,10,14H,2-7,9,12H2,1H3. The molecule has 0 atom stereocenters. The lowest BCUT2D eigenvalue weighted by molar-refractivity contribution is 0.589.